The van der Waals surface area contributed by atoms with Crippen molar-refractivity contribution in [3.05, 3.63) is 88.9 Å². The fourth-order valence-corrected chi connectivity index (χ4v) is 4.95. The summed E-state index contributed by atoms with van der Waals surface area (Å²) in [4.78, 5) is 30.4. The van der Waals surface area contributed by atoms with E-state index in [4.69, 9.17) is 16.3 Å². The van der Waals surface area contributed by atoms with Gasteiger partial charge in [0.25, 0.3) is 11.8 Å². The molecule has 0 radical (unpaired) electrons. The van der Waals surface area contributed by atoms with Crippen LogP contribution in [0.15, 0.2) is 72.8 Å². The number of hydrogen-bond donors (Lipinski definition) is 1. The Hall–Kier alpha value is -3.51. The molecule has 1 spiro atoms. The highest BCUT2D eigenvalue weighted by molar-refractivity contribution is 6.33. The predicted molar refractivity (Wildman–Crippen MR) is 129 cm³/mol. The van der Waals surface area contributed by atoms with E-state index in [0.29, 0.717) is 42.1 Å². The average Bonchev–Trinajstić information content (AvgIpc) is 2.85. The molecule has 2 amide bonds. The fourth-order valence-electron chi connectivity index (χ4n) is 4.73. The normalized spacial score (nSPS) is 16.8. The van der Waals surface area contributed by atoms with Crippen molar-refractivity contribution in [2.24, 2.45) is 0 Å². The number of para-hydroxylation sites is 1. The van der Waals surface area contributed by atoms with Crippen LogP contribution >= 0.6 is 11.6 Å². The van der Waals surface area contributed by atoms with Crippen molar-refractivity contribution in [1.29, 1.82) is 0 Å². The summed E-state index contributed by atoms with van der Waals surface area (Å²) in [5.41, 5.74) is 2.09. The summed E-state index contributed by atoms with van der Waals surface area (Å²) in [6.07, 6.45) is 1.16. The quantitative estimate of drug-likeness (QED) is 0.592. The van der Waals surface area contributed by atoms with Crippen molar-refractivity contribution in [3.63, 3.8) is 0 Å². The zero-order valence-electron chi connectivity index (χ0n) is 18.3. The van der Waals surface area contributed by atoms with E-state index in [0.717, 1.165) is 17.1 Å². The first-order valence-electron chi connectivity index (χ1n) is 10.9. The Bertz CT molecular complexity index is 1200. The molecule has 0 saturated carbocycles. The molecule has 2 aliphatic rings. The molecule has 1 N–H and O–H groups in total. The number of likely N-dealkylation sites (tertiary alicyclic amines) is 1. The number of carbonyl (C=O) groups excluding carboxylic acids is 2. The van der Waals surface area contributed by atoms with E-state index in [1.165, 1.54) is 0 Å². The number of rotatable bonds is 3. The van der Waals surface area contributed by atoms with E-state index in [9.17, 15) is 9.59 Å². The molecule has 7 heteroatoms. The molecule has 3 aromatic rings. The monoisotopic (exact) mass is 461 g/mol. The summed E-state index contributed by atoms with van der Waals surface area (Å²) in [7, 11) is 1.62. The highest BCUT2D eigenvalue weighted by Gasteiger charge is 2.48. The van der Waals surface area contributed by atoms with Gasteiger partial charge in [-0.2, -0.15) is 0 Å². The van der Waals surface area contributed by atoms with Crippen LogP contribution in [0.25, 0.3) is 0 Å². The van der Waals surface area contributed by atoms with Gasteiger partial charge in [-0.15, -0.1) is 0 Å². The molecule has 33 heavy (non-hydrogen) atoms. The Morgan fingerprint density at radius 3 is 2.33 bits per heavy atom. The van der Waals surface area contributed by atoms with Crippen LogP contribution in [0.4, 0.5) is 11.4 Å². The van der Waals surface area contributed by atoms with Gasteiger partial charge in [0.2, 0.25) is 0 Å². The molecule has 0 aliphatic carbocycles. The SMILES string of the molecule is COc1ccc(N2C(=O)c3ccccc3NC23CCN(C(=O)c2ccccc2Cl)CC3)cc1. The standard InChI is InChI=1S/C26H24ClN3O3/c1-33-19-12-10-18(11-13-19)30-25(32)21-7-3-5-9-23(21)28-26(30)14-16-29(17-15-26)24(31)20-6-2-4-8-22(20)27/h2-13,28H,14-17H2,1H3. The number of ether oxygens (including phenoxy) is 1. The van der Waals surface area contributed by atoms with Crippen molar-refractivity contribution < 1.29 is 14.3 Å². The van der Waals surface area contributed by atoms with Gasteiger partial charge in [0.1, 0.15) is 11.4 Å². The van der Waals surface area contributed by atoms with Crippen LogP contribution in [0.3, 0.4) is 0 Å². The summed E-state index contributed by atoms with van der Waals surface area (Å²) < 4.78 is 5.29. The molecule has 168 valence electrons. The first-order valence-corrected chi connectivity index (χ1v) is 11.3. The van der Waals surface area contributed by atoms with Gasteiger partial charge in [0.05, 0.1) is 23.3 Å². The number of piperidine rings is 1. The molecule has 0 unspecified atom stereocenters. The van der Waals surface area contributed by atoms with Crippen molar-refractivity contribution in [1.82, 2.24) is 4.90 Å². The lowest BCUT2D eigenvalue weighted by molar-refractivity contribution is 0.0668. The molecule has 1 saturated heterocycles. The molecule has 2 heterocycles. The maximum atomic E-state index is 13.7. The Morgan fingerprint density at radius 2 is 1.64 bits per heavy atom. The predicted octanol–water partition coefficient (Wildman–Crippen LogP) is 5.05. The van der Waals surface area contributed by atoms with E-state index in [1.54, 1.807) is 19.2 Å². The lowest BCUT2D eigenvalue weighted by atomic mass is 9.89. The van der Waals surface area contributed by atoms with Crippen LogP contribution in [0.2, 0.25) is 5.02 Å². The molecule has 1 fully saturated rings. The van der Waals surface area contributed by atoms with Gasteiger partial charge in [-0.25, -0.2) is 0 Å². The van der Waals surface area contributed by atoms with Crippen molar-refractivity contribution in [3.8, 4) is 5.75 Å². The zero-order valence-corrected chi connectivity index (χ0v) is 19.0. The van der Waals surface area contributed by atoms with Crippen LogP contribution < -0.4 is 15.0 Å². The largest absolute Gasteiger partial charge is 0.497 e. The number of hydrogen-bond acceptors (Lipinski definition) is 4. The minimum absolute atomic E-state index is 0.0552. The first-order chi connectivity index (χ1) is 16.0. The van der Waals surface area contributed by atoms with Crippen molar-refractivity contribution >= 4 is 34.8 Å². The summed E-state index contributed by atoms with van der Waals surface area (Å²) in [5, 5.41) is 4.09. The fraction of sp³-hybridized carbons (Fsp3) is 0.231. The van der Waals surface area contributed by atoms with Crippen LogP contribution in [0.1, 0.15) is 33.6 Å². The Kier molecular flexibility index (Phi) is 5.46. The summed E-state index contributed by atoms with van der Waals surface area (Å²) in [5.74, 6) is 0.583. The van der Waals surface area contributed by atoms with Crippen LogP contribution in [0, 0.1) is 0 Å². The molecule has 3 aromatic carbocycles. The second-order valence-electron chi connectivity index (χ2n) is 8.31. The summed E-state index contributed by atoms with van der Waals surface area (Å²) >= 11 is 6.26. The third-order valence-electron chi connectivity index (χ3n) is 6.47. The van der Waals surface area contributed by atoms with Gasteiger partial charge in [-0.05, 0) is 48.5 Å². The number of halogens is 1. The Balaban J connectivity index is 1.47. The van der Waals surface area contributed by atoms with Gasteiger partial charge < -0.3 is 15.0 Å². The number of nitrogens with one attached hydrogen (secondary N) is 1. The number of benzene rings is 3. The van der Waals surface area contributed by atoms with Gasteiger partial charge in [0, 0.05) is 37.3 Å². The van der Waals surface area contributed by atoms with Crippen molar-refractivity contribution in [2.75, 3.05) is 30.4 Å². The number of fused-ring (bicyclic) bond motifs is 1. The number of nitrogens with zero attached hydrogens (tertiary/aromatic N) is 2. The molecule has 2 aliphatic heterocycles. The molecular formula is C26H24ClN3O3. The summed E-state index contributed by atoms with van der Waals surface area (Å²) in [6.45, 7) is 0.998. The van der Waals surface area contributed by atoms with Crippen LogP contribution in [0.5, 0.6) is 5.75 Å². The smallest absolute Gasteiger partial charge is 0.262 e. The van der Waals surface area contributed by atoms with Crippen LogP contribution in [-0.4, -0.2) is 42.6 Å². The zero-order chi connectivity index (χ0) is 23.0. The van der Waals surface area contributed by atoms with E-state index < -0.39 is 5.66 Å². The molecule has 0 aromatic heterocycles. The van der Waals surface area contributed by atoms with Gasteiger partial charge >= 0.3 is 0 Å². The molecule has 0 atom stereocenters. The van der Waals surface area contributed by atoms with Crippen LogP contribution in [-0.2, 0) is 0 Å². The maximum absolute atomic E-state index is 13.7. The lowest BCUT2D eigenvalue weighted by Crippen LogP contribution is -2.65. The second-order valence-corrected chi connectivity index (χ2v) is 8.72. The third kappa shape index (κ3) is 3.70. The number of amides is 2. The summed E-state index contributed by atoms with van der Waals surface area (Å²) in [6, 6.07) is 22.2. The van der Waals surface area contributed by atoms with Crippen molar-refractivity contribution in [2.45, 2.75) is 18.5 Å². The average molecular weight is 462 g/mol. The number of carbonyl (C=O) groups is 2. The highest BCUT2D eigenvalue weighted by Crippen LogP contribution is 2.41. The first kappa shape index (κ1) is 21.3. The number of methoxy groups -OCH3 is 1. The minimum Gasteiger partial charge on any atom is -0.497 e. The minimum atomic E-state index is -0.642. The van der Waals surface area contributed by atoms with E-state index in [-0.39, 0.29) is 11.8 Å². The molecular weight excluding hydrogens is 438 g/mol. The highest BCUT2D eigenvalue weighted by atomic mass is 35.5. The Morgan fingerprint density at radius 1 is 0.970 bits per heavy atom. The lowest BCUT2D eigenvalue weighted by Gasteiger charge is -2.52. The Labute approximate surface area is 197 Å². The van der Waals surface area contributed by atoms with Gasteiger partial charge in [-0.3, -0.25) is 14.5 Å². The van der Waals surface area contributed by atoms with Gasteiger partial charge in [-0.1, -0.05) is 35.9 Å². The van der Waals surface area contributed by atoms with E-state index in [2.05, 4.69) is 5.32 Å². The van der Waals surface area contributed by atoms with E-state index in [1.807, 2.05) is 70.5 Å². The topological polar surface area (TPSA) is 61.9 Å². The third-order valence-corrected chi connectivity index (χ3v) is 6.80. The van der Waals surface area contributed by atoms with E-state index >= 15 is 0 Å². The molecule has 5 rings (SSSR count). The maximum Gasteiger partial charge on any atom is 0.262 e. The molecule has 0 bridgehead atoms. The molecule has 6 nitrogen and oxygen atoms in total. The number of anilines is 2. The van der Waals surface area contributed by atoms with Gasteiger partial charge in [0.15, 0.2) is 0 Å². The second kappa shape index (κ2) is 8.45.